The van der Waals surface area contributed by atoms with E-state index in [1.165, 1.54) is 16.8 Å². The van der Waals surface area contributed by atoms with E-state index >= 15 is 0 Å². The zero-order valence-corrected chi connectivity index (χ0v) is 23.7. The Morgan fingerprint density at radius 3 is 2.48 bits per heavy atom. The first kappa shape index (κ1) is 29.4. The van der Waals surface area contributed by atoms with Gasteiger partial charge in [0.2, 0.25) is 5.91 Å². The number of pyridine rings is 2. The summed E-state index contributed by atoms with van der Waals surface area (Å²) in [5.74, 6) is -0.150. The first-order valence-electron chi connectivity index (χ1n) is 13.4. The lowest BCUT2D eigenvalue weighted by Crippen LogP contribution is -2.49. The molecular weight excluding hydrogens is 530 g/mol. The molecule has 0 radical (unpaired) electrons. The Balaban J connectivity index is 1.40. The van der Waals surface area contributed by atoms with Gasteiger partial charge in [-0.25, -0.2) is 4.98 Å². The summed E-state index contributed by atoms with van der Waals surface area (Å²) in [7, 11) is 4.14. The topological polar surface area (TPSA) is 103 Å². The van der Waals surface area contributed by atoms with Gasteiger partial charge in [-0.15, -0.1) is 0 Å². The van der Waals surface area contributed by atoms with Gasteiger partial charge in [0, 0.05) is 81.9 Å². The number of aromatic nitrogens is 2. The molecule has 40 heavy (non-hydrogen) atoms. The third-order valence-corrected chi connectivity index (χ3v) is 7.14. The Morgan fingerprint density at radius 2 is 1.80 bits per heavy atom. The average Bonchev–Trinajstić information content (AvgIpc) is 2.94. The molecule has 2 aromatic heterocycles. The van der Waals surface area contributed by atoms with E-state index in [0.717, 1.165) is 39.3 Å². The molecule has 1 atom stereocenters. The van der Waals surface area contributed by atoms with Gasteiger partial charge in [-0.05, 0) is 56.6 Å². The predicted octanol–water partition coefficient (Wildman–Crippen LogP) is 2.19. The summed E-state index contributed by atoms with van der Waals surface area (Å²) in [6.45, 7) is 6.41. The number of halogens is 1. The van der Waals surface area contributed by atoms with Crippen LogP contribution in [0.15, 0.2) is 71.8 Å². The fraction of sp³-hybridized carbons (Fsp3) is 0.379. The zero-order valence-electron chi connectivity index (χ0n) is 22.9. The van der Waals surface area contributed by atoms with Gasteiger partial charge in [-0.3, -0.25) is 23.9 Å². The smallest absolute Gasteiger partial charge is 0.255 e. The molecule has 1 saturated heterocycles. The van der Waals surface area contributed by atoms with Gasteiger partial charge in [0.1, 0.15) is 5.82 Å². The fourth-order valence-electron chi connectivity index (χ4n) is 4.56. The molecule has 1 fully saturated rings. The van der Waals surface area contributed by atoms with Crippen molar-refractivity contribution in [2.45, 2.75) is 12.5 Å². The molecule has 0 spiro atoms. The second-order valence-electron chi connectivity index (χ2n) is 10.1. The van der Waals surface area contributed by atoms with Crippen molar-refractivity contribution in [3.05, 3.63) is 87.9 Å². The molecule has 2 N–H and O–H groups in total. The van der Waals surface area contributed by atoms with E-state index in [0.29, 0.717) is 28.6 Å². The number of benzene rings is 1. The van der Waals surface area contributed by atoms with Gasteiger partial charge in [0.05, 0.1) is 11.1 Å². The van der Waals surface area contributed by atoms with Gasteiger partial charge >= 0.3 is 0 Å². The third-order valence-electron chi connectivity index (χ3n) is 6.92. The number of rotatable bonds is 11. The van der Waals surface area contributed by atoms with E-state index in [-0.39, 0.29) is 23.8 Å². The number of hydrogen-bond acceptors (Lipinski definition) is 7. The lowest BCUT2D eigenvalue weighted by Gasteiger charge is -2.33. The fourth-order valence-corrected chi connectivity index (χ4v) is 4.67. The summed E-state index contributed by atoms with van der Waals surface area (Å²) in [5, 5.41) is 6.29. The highest BCUT2D eigenvalue weighted by atomic mass is 35.5. The summed E-state index contributed by atoms with van der Waals surface area (Å²) >= 11 is 5.90. The normalized spacial score (nSPS) is 15.1. The summed E-state index contributed by atoms with van der Waals surface area (Å²) in [4.78, 5) is 49.2. The van der Waals surface area contributed by atoms with Crippen molar-refractivity contribution in [2.24, 2.45) is 0 Å². The molecule has 11 heteroatoms. The average molecular weight is 566 g/mol. The number of carbonyl (C=O) groups excluding carboxylic acids is 2. The Labute approximate surface area is 239 Å². The maximum absolute atomic E-state index is 13.2. The first-order valence-corrected chi connectivity index (χ1v) is 13.7. The number of amides is 2. The monoisotopic (exact) mass is 565 g/mol. The summed E-state index contributed by atoms with van der Waals surface area (Å²) in [5.41, 5.74) is 0.954. The van der Waals surface area contributed by atoms with E-state index in [4.69, 9.17) is 11.6 Å². The van der Waals surface area contributed by atoms with Gasteiger partial charge < -0.3 is 20.4 Å². The number of anilines is 1. The van der Waals surface area contributed by atoms with Crippen molar-refractivity contribution in [3.8, 4) is 5.69 Å². The number of nitrogens with zero attached hydrogens (tertiary/aromatic N) is 5. The molecule has 0 aliphatic carbocycles. The van der Waals surface area contributed by atoms with Crippen LogP contribution in [0, 0.1) is 0 Å². The Morgan fingerprint density at radius 1 is 1.05 bits per heavy atom. The molecule has 10 nitrogen and oxygen atoms in total. The Hall–Kier alpha value is -3.57. The Bertz CT molecular complexity index is 1320. The van der Waals surface area contributed by atoms with Crippen LogP contribution in [-0.4, -0.2) is 102 Å². The second-order valence-corrected chi connectivity index (χ2v) is 10.6. The van der Waals surface area contributed by atoms with Gasteiger partial charge in [-0.1, -0.05) is 17.7 Å². The van der Waals surface area contributed by atoms with E-state index < -0.39 is 6.04 Å². The van der Waals surface area contributed by atoms with E-state index in [9.17, 15) is 14.4 Å². The Kier molecular flexibility index (Phi) is 10.4. The van der Waals surface area contributed by atoms with Crippen molar-refractivity contribution in [2.75, 3.05) is 65.2 Å². The molecule has 1 unspecified atom stereocenters. The number of nitrogens with one attached hydrogen (secondary N) is 2. The molecule has 1 aromatic carbocycles. The molecule has 0 bridgehead atoms. The van der Waals surface area contributed by atoms with E-state index in [1.807, 2.05) is 7.05 Å². The van der Waals surface area contributed by atoms with Crippen molar-refractivity contribution in [3.63, 3.8) is 0 Å². The number of carbonyl (C=O) groups is 2. The van der Waals surface area contributed by atoms with E-state index in [1.54, 1.807) is 54.7 Å². The molecule has 4 rings (SSSR count). The van der Waals surface area contributed by atoms with Crippen LogP contribution in [0.3, 0.4) is 0 Å². The summed E-state index contributed by atoms with van der Waals surface area (Å²) < 4.78 is 1.51. The SMILES string of the molecule is CN1CCN(CCN(C)CC(CC(=O)Nc2ccc(Cl)cn2)NC(=O)c2ccc(-n3ccccc3=O)cc2)CC1. The molecular formula is C29H36ClN7O3. The highest BCUT2D eigenvalue weighted by molar-refractivity contribution is 6.30. The molecule has 212 valence electrons. The van der Waals surface area contributed by atoms with Crippen LogP contribution in [0.25, 0.3) is 5.69 Å². The standard InChI is InChI=1S/C29H36ClN7O3/c1-34-13-16-36(17-14-34)18-15-35(2)21-24(19-27(38)33-26-11-8-23(30)20-31-26)32-29(40)22-6-9-25(10-7-22)37-12-4-3-5-28(37)39/h3-12,20,24H,13-19,21H2,1-2H3,(H,32,40)(H,31,33,38). The van der Waals surface area contributed by atoms with Crippen LogP contribution in [0.2, 0.25) is 5.02 Å². The minimum atomic E-state index is -0.436. The van der Waals surface area contributed by atoms with Gasteiger partial charge in [0.25, 0.3) is 11.5 Å². The third kappa shape index (κ3) is 8.72. The van der Waals surface area contributed by atoms with E-state index in [2.05, 4.69) is 37.4 Å². The largest absolute Gasteiger partial charge is 0.347 e. The number of hydrogen-bond donors (Lipinski definition) is 2. The lowest BCUT2D eigenvalue weighted by atomic mass is 10.1. The first-order chi connectivity index (χ1) is 19.3. The maximum Gasteiger partial charge on any atom is 0.255 e. The van der Waals surface area contributed by atoms with Gasteiger partial charge in [-0.2, -0.15) is 0 Å². The van der Waals surface area contributed by atoms with Crippen LogP contribution < -0.4 is 16.2 Å². The molecule has 3 aromatic rings. The van der Waals surface area contributed by atoms with Gasteiger partial charge in [0.15, 0.2) is 0 Å². The zero-order chi connectivity index (χ0) is 28.5. The minimum absolute atomic E-state index is 0.0758. The van der Waals surface area contributed by atoms with Crippen LogP contribution in [0.4, 0.5) is 5.82 Å². The molecule has 1 aliphatic rings. The van der Waals surface area contributed by atoms with Crippen LogP contribution in [-0.2, 0) is 4.79 Å². The predicted molar refractivity (Wildman–Crippen MR) is 157 cm³/mol. The van der Waals surface area contributed by atoms with Crippen LogP contribution >= 0.6 is 11.6 Å². The summed E-state index contributed by atoms with van der Waals surface area (Å²) in [6, 6.07) is 14.6. The van der Waals surface area contributed by atoms with Crippen molar-refractivity contribution in [1.29, 1.82) is 0 Å². The van der Waals surface area contributed by atoms with Crippen LogP contribution in [0.5, 0.6) is 0 Å². The number of piperazine rings is 1. The molecule has 2 amide bonds. The highest BCUT2D eigenvalue weighted by Gasteiger charge is 2.21. The van der Waals surface area contributed by atoms with Crippen LogP contribution in [0.1, 0.15) is 16.8 Å². The molecule has 3 heterocycles. The maximum atomic E-state index is 13.2. The van der Waals surface area contributed by atoms with Crippen molar-refractivity contribution < 1.29 is 9.59 Å². The number of likely N-dealkylation sites (N-methyl/N-ethyl adjacent to an activating group) is 2. The second kappa shape index (κ2) is 14.2. The molecule has 0 saturated carbocycles. The van der Waals surface area contributed by atoms with Crippen molar-refractivity contribution >= 4 is 29.2 Å². The summed E-state index contributed by atoms with van der Waals surface area (Å²) in [6.07, 6.45) is 3.22. The lowest BCUT2D eigenvalue weighted by molar-refractivity contribution is -0.116. The highest BCUT2D eigenvalue weighted by Crippen LogP contribution is 2.12. The quantitative estimate of drug-likeness (QED) is 0.367. The van der Waals surface area contributed by atoms with Crippen molar-refractivity contribution in [1.82, 2.24) is 29.6 Å². The molecule has 1 aliphatic heterocycles. The minimum Gasteiger partial charge on any atom is -0.347 e.